The van der Waals surface area contributed by atoms with Gasteiger partial charge in [-0.05, 0) is 49.0 Å². The van der Waals surface area contributed by atoms with Gasteiger partial charge in [-0.1, -0.05) is 30.2 Å². The first-order valence-electron chi connectivity index (χ1n) is 12.4. The molecule has 196 valence electrons. The fraction of sp³-hybridized carbons (Fsp3) is 0.103. The normalized spacial score (nSPS) is 11.8. The lowest BCUT2D eigenvalue weighted by molar-refractivity contribution is -0.577. The van der Waals surface area contributed by atoms with E-state index in [0.29, 0.717) is 33.6 Å². The van der Waals surface area contributed by atoms with Gasteiger partial charge in [-0.15, -0.1) is 15.9 Å². The Morgan fingerprint density at radius 1 is 1.12 bits per heavy atom. The number of aromatic amines is 1. The molecule has 1 atom stereocenters. The number of carbonyl (C=O) groups excluding carboxylic acids is 1. The third-order valence-electron chi connectivity index (χ3n) is 6.32. The summed E-state index contributed by atoms with van der Waals surface area (Å²) >= 11 is 1.49. The highest BCUT2D eigenvalue weighted by Gasteiger charge is 2.27. The van der Waals surface area contributed by atoms with E-state index in [4.69, 9.17) is 10.7 Å². The molecular weight excluding hydrogens is 524 g/mol. The number of hydrogen-bond donors (Lipinski definition) is 3. The zero-order chi connectivity index (χ0) is 27.8. The van der Waals surface area contributed by atoms with E-state index in [9.17, 15) is 9.59 Å². The van der Waals surface area contributed by atoms with Gasteiger partial charge in [0, 0.05) is 11.6 Å². The lowest BCUT2D eigenvalue weighted by Gasteiger charge is -2.19. The van der Waals surface area contributed by atoms with Gasteiger partial charge in [0.25, 0.3) is 11.5 Å². The van der Waals surface area contributed by atoms with E-state index in [1.54, 1.807) is 48.2 Å². The molecule has 0 saturated heterocycles. The number of carbonyl (C=O) groups is 1. The van der Waals surface area contributed by atoms with Crippen LogP contribution in [0.15, 0.2) is 78.0 Å². The standard InChI is InChI=1S/C29H22N8O2S/c1-17(33-28(38)24-25(30)35-36-15-7-14-31-27(24)36)26-34-22-11-6-8-19(12-13-21-16-32-18(2)40-21)23(22)29(39)37(26)20-9-4-3-5-10-20/h3-11,14-17H,1-2H3,(H3,30,33,35,38)/p+1. The molecular formula is C29H23N8O2S+. The highest BCUT2D eigenvalue weighted by molar-refractivity contribution is 7.12. The fourth-order valence-electron chi connectivity index (χ4n) is 4.53. The van der Waals surface area contributed by atoms with Gasteiger partial charge in [0.2, 0.25) is 0 Å². The number of H-pyrrole nitrogens is 1. The summed E-state index contributed by atoms with van der Waals surface area (Å²) in [6, 6.07) is 15.6. The SMILES string of the molecule is Cc1ncc(C#Cc2cccc3nc(C(C)NC(=O)c4c(N)[nH][n+]5cccnc45)n(-c4ccccc4)c(=O)c23)s1. The van der Waals surface area contributed by atoms with Crippen molar-refractivity contribution in [1.29, 1.82) is 0 Å². The number of nitrogens with zero attached hydrogens (tertiary/aromatic N) is 5. The van der Waals surface area contributed by atoms with Gasteiger partial charge in [-0.25, -0.2) is 15.1 Å². The average Bonchev–Trinajstić information content (AvgIpc) is 3.53. The number of nitrogen functional groups attached to an aromatic ring is 1. The maximum Gasteiger partial charge on any atom is 0.362 e. The second-order valence-electron chi connectivity index (χ2n) is 9.05. The zero-order valence-corrected chi connectivity index (χ0v) is 22.4. The van der Waals surface area contributed by atoms with Crippen LogP contribution in [-0.2, 0) is 0 Å². The molecule has 0 aliphatic carbocycles. The number of amides is 1. The van der Waals surface area contributed by atoms with Crippen molar-refractivity contribution in [3.63, 3.8) is 0 Å². The van der Waals surface area contributed by atoms with Crippen molar-refractivity contribution in [3.05, 3.63) is 110 Å². The van der Waals surface area contributed by atoms with E-state index in [2.05, 4.69) is 32.2 Å². The Labute approximate surface area is 232 Å². The minimum Gasteiger partial charge on any atom is -0.382 e. The van der Waals surface area contributed by atoms with Crippen LogP contribution in [-0.4, -0.2) is 30.5 Å². The van der Waals surface area contributed by atoms with Gasteiger partial charge in [-0.2, -0.15) is 0 Å². The number of nitrogens with one attached hydrogen (secondary N) is 2. The first kappa shape index (κ1) is 25.0. The summed E-state index contributed by atoms with van der Waals surface area (Å²) in [5.74, 6) is 6.33. The smallest absolute Gasteiger partial charge is 0.362 e. The van der Waals surface area contributed by atoms with E-state index >= 15 is 0 Å². The molecule has 0 aliphatic rings. The van der Waals surface area contributed by atoms with Gasteiger partial charge in [-0.3, -0.25) is 14.2 Å². The summed E-state index contributed by atoms with van der Waals surface area (Å²) in [7, 11) is 0. The Hall–Kier alpha value is -5.34. The molecule has 4 aromatic heterocycles. The molecule has 0 bridgehead atoms. The summed E-state index contributed by atoms with van der Waals surface area (Å²) in [6.45, 7) is 3.69. The predicted molar refractivity (Wildman–Crippen MR) is 152 cm³/mol. The molecule has 0 aliphatic heterocycles. The lowest BCUT2D eigenvalue weighted by Crippen LogP contribution is -2.34. The number of nitrogens with two attached hydrogens (primary N) is 1. The van der Waals surface area contributed by atoms with Crippen LogP contribution in [0.5, 0.6) is 0 Å². The zero-order valence-electron chi connectivity index (χ0n) is 21.5. The molecule has 1 unspecified atom stereocenters. The minimum absolute atomic E-state index is 0.176. The van der Waals surface area contributed by atoms with E-state index in [0.717, 1.165) is 9.88 Å². The van der Waals surface area contributed by atoms with Crippen molar-refractivity contribution in [2.45, 2.75) is 19.9 Å². The van der Waals surface area contributed by atoms with Crippen LogP contribution in [0.2, 0.25) is 0 Å². The number of hydrogen-bond acceptors (Lipinski definition) is 7. The topological polar surface area (TPSA) is 136 Å². The van der Waals surface area contributed by atoms with Gasteiger partial charge < -0.3 is 11.1 Å². The third kappa shape index (κ3) is 4.46. The molecule has 2 aromatic carbocycles. The Morgan fingerprint density at radius 3 is 2.73 bits per heavy atom. The second kappa shape index (κ2) is 10.1. The highest BCUT2D eigenvalue weighted by atomic mass is 32.1. The predicted octanol–water partition coefficient (Wildman–Crippen LogP) is 3.09. The van der Waals surface area contributed by atoms with Crippen molar-refractivity contribution in [1.82, 2.24) is 29.9 Å². The molecule has 10 nitrogen and oxygen atoms in total. The van der Waals surface area contributed by atoms with Crippen molar-refractivity contribution in [3.8, 4) is 17.5 Å². The number of aryl methyl sites for hydroxylation is 1. The Balaban J connectivity index is 1.48. The fourth-order valence-corrected chi connectivity index (χ4v) is 5.16. The lowest BCUT2D eigenvalue weighted by atomic mass is 10.1. The van der Waals surface area contributed by atoms with E-state index < -0.39 is 11.9 Å². The van der Waals surface area contributed by atoms with Crippen LogP contribution < -0.4 is 21.1 Å². The molecule has 11 heteroatoms. The number of fused-ring (bicyclic) bond motifs is 2. The molecule has 6 aromatic rings. The van der Waals surface area contributed by atoms with Gasteiger partial charge in [0.1, 0.15) is 18.2 Å². The molecule has 1 amide bonds. The van der Waals surface area contributed by atoms with Gasteiger partial charge >= 0.3 is 5.65 Å². The minimum atomic E-state index is -0.669. The van der Waals surface area contributed by atoms with Gasteiger partial charge in [0.15, 0.2) is 11.4 Å². The second-order valence-corrected chi connectivity index (χ2v) is 10.3. The average molecular weight is 548 g/mol. The van der Waals surface area contributed by atoms with Gasteiger partial charge in [0.05, 0.1) is 38.7 Å². The summed E-state index contributed by atoms with van der Waals surface area (Å²) in [4.78, 5) is 41.7. The van der Waals surface area contributed by atoms with Crippen LogP contribution in [0.4, 0.5) is 5.82 Å². The molecule has 4 heterocycles. The van der Waals surface area contributed by atoms with Crippen LogP contribution in [0.1, 0.15) is 44.6 Å². The quantitative estimate of drug-likeness (QED) is 0.229. The van der Waals surface area contributed by atoms with Crippen LogP contribution >= 0.6 is 11.3 Å². The number of thiazole rings is 1. The maximum atomic E-state index is 14.1. The van der Waals surface area contributed by atoms with Crippen molar-refractivity contribution < 1.29 is 9.31 Å². The number of para-hydroxylation sites is 1. The molecule has 0 saturated carbocycles. The molecule has 0 spiro atoms. The first-order chi connectivity index (χ1) is 19.4. The number of aromatic nitrogens is 6. The molecule has 0 radical (unpaired) electrons. The van der Waals surface area contributed by atoms with E-state index in [-0.39, 0.29) is 16.9 Å². The van der Waals surface area contributed by atoms with Crippen molar-refractivity contribution in [2.24, 2.45) is 0 Å². The molecule has 40 heavy (non-hydrogen) atoms. The Kier molecular flexibility index (Phi) is 6.30. The Bertz CT molecular complexity index is 2030. The number of benzene rings is 2. The first-order valence-corrected chi connectivity index (χ1v) is 13.2. The van der Waals surface area contributed by atoms with Crippen LogP contribution in [0.3, 0.4) is 0 Å². The molecule has 6 rings (SSSR count). The number of rotatable bonds is 4. The maximum absolute atomic E-state index is 14.1. The highest BCUT2D eigenvalue weighted by Crippen LogP contribution is 2.21. The number of anilines is 1. The molecule has 0 fully saturated rings. The van der Waals surface area contributed by atoms with Crippen molar-refractivity contribution in [2.75, 3.05) is 5.73 Å². The third-order valence-corrected chi connectivity index (χ3v) is 7.15. The summed E-state index contributed by atoms with van der Waals surface area (Å²) in [6.07, 6.45) is 5.01. The van der Waals surface area contributed by atoms with E-state index in [1.807, 2.05) is 43.3 Å². The van der Waals surface area contributed by atoms with Crippen molar-refractivity contribution >= 4 is 39.6 Å². The summed E-state index contributed by atoms with van der Waals surface area (Å²) in [5.41, 5.74) is 8.06. The Morgan fingerprint density at radius 2 is 1.95 bits per heavy atom. The summed E-state index contributed by atoms with van der Waals surface area (Å²) in [5, 5.41) is 7.17. The largest absolute Gasteiger partial charge is 0.382 e. The van der Waals surface area contributed by atoms with E-state index in [1.165, 1.54) is 15.9 Å². The van der Waals surface area contributed by atoms with Crippen LogP contribution in [0, 0.1) is 18.8 Å². The monoisotopic (exact) mass is 547 g/mol. The summed E-state index contributed by atoms with van der Waals surface area (Å²) < 4.78 is 3.08. The molecule has 4 N–H and O–H groups in total. The van der Waals surface area contributed by atoms with Crippen LogP contribution in [0.25, 0.3) is 22.2 Å².